The fraction of sp³-hybridized carbons (Fsp3) is 0.0800. The third kappa shape index (κ3) is 4.89. The smallest absolute Gasteiger partial charge is 0.363 e. The average molecular weight is 555 g/mol. The van der Waals surface area contributed by atoms with Gasteiger partial charge in [-0.25, -0.2) is 14.6 Å². The first-order chi connectivity index (χ1) is 15.3. The van der Waals surface area contributed by atoms with Gasteiger partial charge in [-0.1, -0.05) is 35.4 Å². The molecule has 0 amide bonds. The quantitative estimate of drug-likeness (QED) is 0.213. The van der Waals surface area contributed by atoms with Crippen molar-refractivity contribution < 1.29 is 19.1 Å². The van der Waals surface area contributed by atoms with Crippen molar-refractivity contribution in [1.29, 1.82) is 0 Å². The van der Waals surface area contributed by atoms with Gasteiger partial charge in [0.15, 0.2) is 11.4 Å². The maximum Gasteiger partial charge on any atom is 0.363 e. The summed E-state index contributed by atoms with van der Waals surface area (Å²) in [6.07, 6.45) is 1.62. The van der Waals surface area contributed by atoms with Gasteiger partial charge in [0, 0.05) is 5.56 Å². The van der Waals surface area contributed by atoms with Gasteiger partial charge in [-0.3, -0.25) is 0 Å². The summed E-state index contributed by atoms with van der Waals surface area (Å²) < 4.78 is 12.0. The number of halogens is 2. The first-order valence-corrected chi connectivity index (χ1v) is 11.3. The van der Waals surface area contributed by atoms with E-state index >= 15 is 0 Å². The van der Waals surface area contributed by atoms with Crippen molar-refractivity contribution in [3.05, 3.63) is 103 Å². The molecular formula is C25H17Br2NO4. The van der Waals surface area contributed by atoms with Gasteiger partial charge in [0.1, 0.15) is 0 Å². The Morgan fingerprint density at radius 1 is 0.969 bits per heavy atom. The predicted octanol–water partition coefficient (Wildman–Crippen LogP) is 6.39. The van der Waals surface area contributed by atoms with E-state index in [1.54, 1.807) is 36.4 Å². The molecule has 0 atom stereocenters. The zero-order valence-corrected chi connectivity index (χ0v) is 20.4. The standard InChI is InChI=1S/C25H17Br2NO4/c1-14-6-8-17(9-7-14)23-28-21(25(30)32-23)13-16-11-19(26)22(20(27)12-16)31-24(29)18-5-3-4-15(2)10-18/h3-13H,1-2H3/b21-13-. The van der Waals surface area contributed by atoms with Gasteiger partial charge in [0.25, 0.3) is 0 Å². The second kappa shape index (κ2) is 9.22. The van der Waals surface area contributed by atoms with Gasteiger partial charge in [0.2, 0.25) is 5.90 Å². The molecule has 160 valence electrons. The van der Waals surface area contributed by atoms with Crippen LogP contribution in [0.4, 0.5) is 0 Å². The van der Waals surface area contributed by atoms with Crippen LogP contribution < -0.4 is 4.74 Å². The fourth-order valence-corrected chi connectivity index (χ4v) is 4.45. The van der Waals surface area contributed by atoms with Gasteiger partial charge >= 0.3 is 11.9 Å². The van der Waals surface area contributed by atoms with Gasteiger partial charge in [0.05, 0.1) is 14.5 Å². The summed E-state index contributed by atoms with van der Waals surface area (Å²) in [5.74, 6) is -0.379. The zero-order valence-electron chi connectivity index (χ0n) is 17.2. The highest BCUT2D eigenvalue weighted by molar-refractivity contribution is 9.11. The number of carbonyl (C=O) groups is 2. The fourth-order valence-electron chi connectivity index (χ4n) is 3.07. The van der Waals surface area contributed by atoms with Crippen LogP contribution in [0.25, 0.3) is 6.08 Å². The molecule has 0 radical (unpaired) electrons. The molecule has 1 aliphatic heterocycles. The maximum absolute atomic E-state index is 12.5. The SMILES string of the molecule is Cc1ccc(C2=N/C(=C\c3cc(Br)c(OC(=O)c4cccc(C)c4)c(Br)c3)C(=O)O2)cc1. The lowest BCUT2D eigenvalue weighted by Gasteiger charge is -2.10. The van der Waals surface area contributed by atoms with Gasteiger partial charge < -0.3 is 9.47 Å². The van der Waals surface area contributed by atoms with Crippen LogP contribution in [0.3, 0.4) is 0 Å². The number of hydrogen-bond donors (Lipinski definition) is 0. The molecule has 3 aromatic rings. The van der Waals surface area contributed by atoms with Crippen LogP contribution >= 0.6 is 31.9 Å². The minimum absolute atomic E-state index is 0.184. The molecule has 1 aliphatic rings. The van der Waals surface area contributed by atoms with Crippen LogP contribution in [0.15, 0.2) is 80.3 Å². The van der Waals surface area contributed by atoms with E-state index in [-0.39, 0.29) is 11.6 Å². The first kappa shape index (κ1) is 22.2. The lowest BCUT2D eigenvalue weighted by molar-refractivity contribution is -0.129. The molecule has 0 unspecified atom stereocenters. The molecule has 0 spiro atoms. The van der Waals surface area contributed by atoms with Crippen molar-refractivity contribution in [2.24, 2.45) is 4.99 Å². The third-order valence-electron chi connectivity index (χ3n) is 4.69. The Hall–Kier alpha value is -3.03. The minimum atomic E-state index is -0.525. The second-order valence-electron chi connectivity index (χ2n) is 7.27. The van der Waals surface area contributed by atoms with E-state index < -0.39 is 11.9 Å². The lowest BCUT2D eigenvalue weighted by atomic mass is 10.1. The second-order valence-corrected chi connectivity index (χ2v) is 8.98. The summed E-state index contributed by atoms with van der Waals surface area (Å²) in [6.45, 7) is 3.89. The molecule has 5 nitrogen and oxygen atoms in total. The van der Waals surface area contributed by atoms with Gasteiger partial charge in [-0.15, -0.1) is 0 Å². The van der Waals surface area contributed by atoms with E-state index in [0.717, 1.165) is 16.7 Å². The van der Waals surface area contributed by atoms with Crippen molar-refractivity contribution in [2.75, 3.05) is 0 Å². The van der Waals surface area contributed by atoms with Crippen molar-refractivity contribution >= 4 is 55.8 Å². The Bertz CT molecular complexity index is 1270. The summed E-state index contributed by atoms with van der Waals surface area (Å²) in [5, 5.41) is 0. The molecule has 0 fully saturated rings. The summed E-state index contributed by atoms with van der Waals surface area (Å²) in [6, 6.07) is 18.2. The summed E-state index contributed by atoms with van der Waals surface area (Å²) >= 11 is 6.89. The lowest BCUT2D eigenvalue weighted by Crippen LogP contribution is -2.09. The van der Waals surface area contributed by atoms with Crippen LogP contribution in [0.5, 0.6) is 5.75 Å². The summed E-state index contributed by atoms with van der Waals surface area (Å²) in [4.78, 5) is 29.1. The Morgan fingerprint density at radius 2 is 1.66 bits per heavy atom. The maximum atomic E-state index is 12.5. The van der Waals surface area contributed by atoms with E-state index in [1.165, 1.54) is 0 Å². The Labute approximate surface area is 202 Å². The number of cyclic esters (lactones) is 1. The highest BCUT2D eigenvalue weighted by atomic mass is 79.9. The molecule has 0 saturated carbocycles. The Balaban J connectivity index is 1.59. The highest BCUT2D eigenvalue weighted by Gasteiger charge is 2.24. The molecule has 7 heteroatoms. The van der Waals surface area contributed by atoms with Crippen LogP contribution in [-0.4, -0.2) is 17.8 Å². The van der Waals surface area contributed by atoms with Crippen molar-refractivity contribution in [3.63, 3.8) is 0 Å². The molecule has 0 aromatic heterocycles. The summed E-state index contributed by atoms with van der Waals surface area (Å²) in [5.41, 5.74) is 4.12. The molecule has 3 aromatic carbocycles. The monoisotopic (exact) mass is 553 g/mol. The van der Waals surface area contributed by atoms with E-state index in [1.807, 2.05) is 44.2 Å². The predicted molar refractivity (Wildman–Crippen MR) is 130 cm³/mol. The normalized spacial score (nSPS) is 14.3. The number of aliphatic imine (C=N–C) groups is 1. The number of nitrogens with zero attached hydrogens (tertiary/aromatic N) is 1. The first-order valence-electron chi connectivity index (χ1n) is 9.67. The number of esters is 2. The summed E-state index contributed by atoms with van der Waals surface area (Å²) in [7, 11) is 0. The Kier molecular flexibility index (Phi) is 6.39. The molecular weight excluding hydrogens is 538 g/mol. The highest BCUT2D eigenvalue weighted by Crippen LogP contribution is 2.36. The number of rotatable bonds is 4. The van der Waals surface area contributed by atoms with Gasteiger partial charge in [-0.05, 0) is 93.7 Å². The van der Waals surface area contributed by atoms with E-state index in [2.05, 4.69) is 36.9 Å². The largest absolute Gasteiger partial charge is 0.421 e. The van der Waals surface area contributed by atoms with E-state index in [4.69, 9.17) is 9.47 Å². The Morgan fingerprint density at radius 3 is 2.31 bits per heavy atom. The molecule has 0 N–H and O–H groups in total. The molecule has 4 rings (SSSR count). The van der Waals surface area contributed by atoms with E-state index in [0.29, 0.717) is 25.8 Å². The van der Waals surface area contributed by atoms with E-state index in [9.17, 15) is 9.59 Å². The van der Waals surface area contributed by atoms with Crippen molar-refractivity contribution in [1.82, 2.24) is 0 Å². The molecule has 0 aliphatic carbocycles. The zero-order chi connectivity index (χ0) is 22.8. The van der Waals surface area contributed by atoms with Crippen LogP contribution in [-0.2, 0) is 9.53 Å². The average Bonchev–Trinajstić information content (AvgIpc) is 3.11. The van der Waals surface area contributed by atoms with Crippen molar-refractivity contribution in [3.8, 4) is 5.75 Å². The van der Waals surface area contributed by atoms with Crippen molar-refractivity contribution in [2.45, 2.75) is 13.8 Å². The topological polar surface area (TPSA) is 65.0 Å². The molecule has 1 heterocycles. The number of ether oxygens (including phenoxy) is 2. The number of hydrogen-bond acceptors (Lipinski definition) is 5. The van der Waals surface area contributed by atoms with Crippen LogP contribution in [0.1, 0.15) is 32.6 Å². The molecule has 32 heavy (non-hydrogen) atoms. The molecule has 0 bridgehead atoms. The number of aryl methyl sites for hydroxylation is 2. The number of carbonyl (C=O) groups excluding carboxylic acids is 2. The number of benzene rings is 3. The van der Waals surface area contributed by atoms with Crippen LogP contribution in [0, 0.1) is 13.8 Å². The molecule has 0 saturated heterocycles. The minimum Gasteiger partial charge on any atom is -0.421 e. The van der Waals surface area contributed by atoms with Gasteiger partial charge in [-0.2, -0.15) is 0 Å². The third-order valence-corrected chi connectivity index (χ3v) is 5.87. The van der Waals surface area contributed by atoms with Crippen LogP contribution in [0.2, 0.25) is 0 Å².